The number of amides is 2. The number of halogens is 5. The van der Waals surface area contributed by atoms with Gasteiger partial charge in [-0.25, -0.2) is 40.6 Å². The van der Waals surface area contributed by atoms with Gasteiger partial charge < -0.3 is 50.4 Å². The van der Waals surface area contributed by atoms with Gasteiger partial charge in [-0.1, -0.05) is 60.5 Å². The summed E-state index contributed by atoms with van der Waals surface area (Å²) in [5, 5.41) is 21.7. The molecule has 26 nitrogen and oxygen atoms in total. The number of likely N-dealkylation sites (N-methyl/N-ethyl adjacent to an activating group) is 2. The van der Waals surface area contributed by atoms with Crippen LogP contribution in [0.5, 0.6) is 17.6 Å². The Labute approximate surface area is 628 Å². The molecule has 0 bridgehead atoms. The topological polar surface area (TPSA) is 340 Å². The van der Waals surface area contributed by atoms with Crippen molar-refractivity contribution in [3.8, 4) is 39.9 Å². The fourth-order valence-corrected chi connectivity index (χ4v) is 14.5. The van der Waals surface area contributed by atoms with E-state index in [1.165, 1.54) is 61.4 Å². The number of nitro groups is 1. The predicted molar refractivity (Wildman–Crippen MR) is 396 cm³/mol. The summed E-state index contributed by atoms with van der Waals surface area (Å²) in [4.78, 5) is 60.9. The van der Waals surface area contributed by atoms with Crippen molar-refractivity contribution in [2.45, 2.75) is 93.5 Å². The summed E-state index contributed by atoms with van der Waals surface area (Å²) in [6.07, 6.45) is 25.5. The maximum atomic E-state index is 15.4. The summed E-state index contributed by atoms with van der Waals surface area (Å²) in [7, 11) is -3.79. The van der Waals surface area contributed by atoms with E-state index < -0.39 is 47.4 Å². The molecule has 4 aliphatic carbocycles. The minimum Gasteiger partial charge on any atom is -0.475 e. The molecular weight excluding hydrogens is 1570 g/mol. The average molecular weight is 1650 g/mol. The second-order valence-electron chi connectivity index (χ2n) is 25.4. The predicted octanol–water partition coefficient (Wildman–Crippen LogP) is 11.0. The monoisotopic (exact) mass is 1640 g/mol. The Morgan fingerprint density at radius 2 is 1.13 bits per heavy atom. The normalized spacial score (nSPS) is 16.6. The number of ether oxygens (including phenoxy) is 4. The Balaban J connectivity index is 0.000000176. The van der Waals surface area contributed by atoms with Crippen LogP contribution in [0.3, 0.4) is 0 Å². The van der Waals surface area contributed by atoms with E-state index in [4.69, 9.17) is 24.7 Å². The molecule has 4 fully saturated rings. The number of benzene rings is 2. The summed E-state index contributed by atoms with van der Waals surface area (Å²) in [6, 6.07) is 11.5. The standard InChI is InChI=1S/C27H30FN5O4S.C26H28FN5O4S.C8H7BrN2O3.C8H11BrN2O.ClH.Fe/c1-33-23-15-30-21-13-20(28)18(12-19(21)24(23)27(26(33)34)7-4-8-27)16-11-22(32-38(2,35)36)25(31-14-16)37-10-9-29-17-5-3-6-17;1-32-22-14-29-20-12-19(27)17(11-18(20)23(22)26(25(32)33)6-3-7-26)15-10-21(31-37(2,34)35)24(30-13-15)36-9-8-28-16-4-5-16;1-2-3-14-8-7(11(12)13)4-6(9)5-10-8;1-2-3-12-8-7(10)4-6(9)5-11-8;;/h11-15,17,29,32H,3-10H2,1-2H3;10-14,16,28,31H,3-9H2,1-2H3;2,4-5H,1,3H2;2,4,11H,1,3,5,10H2;1H;. The first-order chi connectivity index (χ1) is 48.2. The first kappa shape index (κ1) is 79.0. The van der Waals surface area contributed by atoms with Crippen molar-refractivity contribution in [2.24, 2.45) is 5.73 Å². The third-order valence-electron chi connectivity index (χ3n) is 18.2. The molecule has 2 amide bonds. The molecule has 14 rings (SSSR count). The van der Waals surface area contributed by atoms with Crippen LogP contribution in [-0.2, 0) is 62.3 Å². The Morgan fingerprint density at radius 1 is 0.670 bits per heavy atom. The van der Waals surface area contributed by atoms with Crippen LogP contribution in [-0.4, -0.2) is 143 Å². The summed E-state index contributed by atoms with van der Waals surface area (Å²) in [5.74, 6) is -0.0711. The van der Waals surface area contributed by atoms with Gasteiger partial charge in [-0.15, -0.1) is 12.4 Å². The molecule has 0 atom stereocenters. The quantitative estimate of drug-likeness (QED) is 0.0114. The number of hydrogen-bond acceptors (Lipinski definition) is 21. The van der Waals surface area contributed by atoms with E-state index in [1.54, 1.807) is 54.5 Å². The molecule has 8 heterocycles. The van der Waals surface area contributed by atoms with Gasteiger partial charge in [-0.2, -0.15) is 0 Å². The Bertz CT molecular complexity index is 4740. The molecule has 7 aromatic rings. The zero-order valence-electron chi connectivity index (χ0n) is 56.6. The minimum absolute atomic E-state index is 0. The molecule has 2 spiro atoms. The molecule has 34 heteroatoms. The Kier molecular flexibility index (Phi) is 25.5. The van der Waals surface area contributed by atoms with Crippen LogP contribution in [0, 0.1) is 21.7 Å². The molecule has 0 unspecified atom stereocenters. The molecule has 4 saturated carbocycles. The summed E-state index contributed by atoms with van der Waals surface area (Å²) in [5.41, 5.74) is 10.7. The van der Waals surface area contributed by atoms with E-state index in [-0.39, 0.29) is 93.7 Å². The number of carbonyl (C=O) groups excluding carboxylic acids is 2. The molecule has 7 aliphatic rings. The van der Waals surface area contributed by atoms with Crippen molar-refractivity contribution in [3.05, 3.63) is 158 Å². The number of dihydropyridines is 1. The van der Waals surface area contributed by atoms with Crippen LogP contribution in [0.25, 0.3) is 44.1 Å². The average Bonchev–Trinajstić information content (AvgIpc) is 1.57. The van der Waals surface area contributed by atoms with Gasteiger partial charge in [-0.3, -0.25) is 39.1 Å². The summed E-state index contributed by atoms with van der Waals surface area (Å²) in [6.45, 7) is 10.2. The van der Waals surface area contributed by atoms with Crippen LogP contribution in [0.4, 0.5) is 37.2 Å². The number of hydrogen-bond donors (Lipinski definition) is 6. The molecule has 0 saturated heterocycles. The second-order valence-corrected chi connectivity index (χ2v) is 30.8. The first-order valence-electron chi connectivity index (χ1n) is 32.6. The third kappa shape index (κ3) is 17.8. The minimum atomic E-state index is -3.65. The van der Waals surface area contributed by atoms with Gasteiger partial charge in [0.25, 0.3) is 5.88 Å². The number of pyridine rings is 5. The molecule has 5 aromatic heterocycles. The fourth-order valence-electron chi connectivity index (χ4n) is 12.7. The van der Waals surface area contributed by atoms with E-state index in [1.807, 2.05) is 6.08 Å². The number of rotatable bonds is 23. The maximum absolute atomic E-state index is 15.4. The zero-order valence-corrected chi connectivity index (χ0v) is 63.3. The van der Waals surface area contributed by atoms with Crippen LogP contribution >= 0.6 is 44.3 Å². The SMILES string of the molecule is C=CCOC1=C(N)C=C(Br)CN1.C=CCOc1ncc(Br)cc1[N+](=O)[O-].CN1C(=O)C2(CCC2)c2c1cnc1cc(F)c(-c3cnc(OCCNC4CC4)c(NS(C)(=O)=O)c3)cc21.CN1C(=O)C2(CCC2)c2c1cnc1cc(F)c(-c3cnc(OCCNC4CCC4)c(NS(C)(=O)=O)c3)cc21.Cl.[Fe]. The number of carbonyl (C=O) groups is 2. The van der Waals surface area contributed by atoms with Crippen molar-refractivity contribution in [2.75, 3.05) is 91.9 Å². The van der Waals surface area contributed by atoms with Gasteiger partial charge >= 0.3 is 5.69 Å². The maximum Gasteiger partial charge on any atom is 0.332 e. The van der Waals surface area contributed by atoms with Crippen molar-refractivity contribution < 1.29 is 76.1 Å². The van der Waals surface area contributed by atoms with Crippen LogP contribution in [0.1, 0.15) is 81.8 Å². The largest absolute Gasteiger partial charge is 0.475 e. The molecule has 3 aliphatic heterocycles. The second kappa shape index (κ2) is 33.3. The van der Waals surface area contributed by atoms with E-state index in [0.717, 1.165) is 114 Å². The number of nitrogens with zero attached hydrogens (tertiary/aromatic N) is 8. The van der Waals surface area contributed by atoms with Gasteiger partial charge in [0, 0.05) is 153 Å². The number of aromatic nitrogens is 5. The molecule has 103 heavy (non-hydrogen) atoms. The van der Waals surface area contributed by atoms with E-state index >= 15 is 8.78 Å². The fraction of sp³-hybridized carbons (Fsp3) is 0.377. The number of fused-ring (bicyclic) bond motifs is 8. The number of anilines is 4. The van der Waals surface area contributed by atoms with E-state index in [2.05, 4.69) is 95.3 Å². The van der Waals surface area contributed by atoms with Gasteiger partial charge in [0.1, 0.15) is 49.4 Å². The van der Waals surface area contributed by atoms with Gasteiger partial charge in [0.2, 0.25) is 49.5 Å². The summed E-state index contributed by atoms with van der Waals surface area (Å²) >= 11 is 6.42. The third-order valence-corrected chi connectivity index (χ3v) is 20.3. The Hall–Kier alpha value is -8.14. The van der Waals surface area contributed by atoms with Crippen molar-refractivity contribution >= 4 is 126 Å². The van der Waals surface area contributed by atoms with Gasteiger partial charge in [0.05, 0.1) is 68.8 Å². The van der Waals surface area contributed by atoms with Crippen molar-refractivity contribution in [1.29, 1.82) is 0 Å². The number of allylic oxidation sites excluding steroid dienone is 1. The van der Waals surface area contributed by atoms with E-state index in [9.17, 15) is 36.5 Å². The van der Waals surface area contributed by atoms with Crippen LogP contribution in [0.2, 0.25) is 0 Å². The van der Waals surface area contributed by atoms with E-state index in [0.29, 0.717) is 89.8 Å². The molecule has 7 N–H and O–H groups in total. The van der Waals surface area contributed by atoms with Crippen molar-refractivity contribution in [1.82, 2.24) is 40.9 Å². The molecule has 550 valence electrons. The van der Waals surface area contributed by atoms with Gasteiger partial charge in [-0.05, 0) is 97.6 Å². The Morgan fingerprint density at radius 3 is 1.52 bits per heavy atom. The summed E-state index contributed by atoms with van der Waals surface area (Å²) < 4.78 is 107. The van der Waals surface area contributed by atoms with Crippen molar-refractivity contribution in [3.63, 3.8) is 0 Å². The van der Waals surface area contributed by atoms with Crippen LogP contribution in [0.15, 0.2) is 125 Å². The molecule has 2 aromatic carbocycles. The van der Waals surface area contributed by atoms with Gasteiger partial charge in [0.15, 0.2) is 0 Å². The first-order valence-corrected chi connectivity index (χ1v) is 38.0. The number of nitrogens with one attached hydrogen (secondary N) is 5. The number of nitrogens with two attached hydrogens (primary N) is 1. The molecular formula is C69H77Br2ClF2FeN14O12S2. The zero-order chi connectivity index (χ0) is 72.1. The number of sulfonamides is 2. The smallest absolute Gasteiger partial charge is 0.332 e. The molecule has 0 radical (unpaired) electrons. The van der Waals surface area contributed by atoms with Crippen LogP contribution < -0.4 is 55.1 Å².